The Hall–Kier alpha value is -1.51. The van der Waals surface area contributed by atoms with Crippen molar-refractivity contribution in [2.24, 2.45) is 0 Å². The standard InChI is InChI=1S/C12H11BrFN3O2S/c13-10-5-8(15)6-11(12(10)14)20(18,19)17-7-9-3-1-2-4-16-9/h1-6,17H,7,15H2. The molecule has 5 nitrogen and oxygen atoms in total. The Kier molecular flexibility index (Phi) is 4.36. The van der Waals surface area contributed by atoms with Gasteiger partial charge in [0.25, 0.3) is 0 Å². The summed E-state index contributed by atoms with van der Waals surface area (Å²) < 4.78 is 40.3. The minimum atomic E-state index is -4.01. The maximum absolute atomic E-state index is 13.9. The maximum Gasteiger partial charge on any atom is 0.243 e. The molecule has 2 aromatic rings. The lowest BCUT2D eigenvalue weighted by molar-refractivity contribution is 0.553. The number of nitrogen functional groups attached to an aromatic ring is 1. The molecule has 2 rings (SSSR count). The summed E-state index contributed by atoms with van der Waals surface area (Å²) in [5.41, 5.74) is 6.21. The van der Waals surface area contributed by atoms with E-state index in [4.69, 9.17) is 5.73 Å². The second kappa shape index (κ2) is 5.86. The number of halogens is 2. The van der Waals surface area contributed by atoms with Crippen LogP contribution in [-0.4, -0.2) is 13.4 Å². The van der Waals surface area contributed by atoms with Gasteiger partial charge in [-0.3, -0.25) is 4.98 Å². The molecular formula is C12H11BrFN3O2S. The first kappa shape index (κ1) is 14.9. The van der Waals surface area contributed by atoms with E-state index in [9.17, 15) is 12.8 Å². The number of hydrogen-bond acceptors (Lipinski definition) is 4. The van der Waals surface area contributed by atoms with Crippen molar-refractivity contribution in [2.45, 2.75) is 11.4 Å². The Morgan fingerprint density at radius 3 is 2.75 bits per heavy atom. The molecule has 0 aliphatic carbocycles. The number of anilines is 1. The summed E-state index contributed by atoms with van der Waals surface area (Å²) in [6, 6.07) is 7.48. The Morgan fingerprint density at radius 1 is 1.35 bits per heavy atom. The fourth-order valence-corrected chi connectivity index (χ4v) is 3.27. The zero-order chi connectivity index (χ0) is 14.8. The molecule has 1 aromatic carbocycles. The number of sulfonamides is 1. The summed E-state index contributed by atoms with van der Waals surface area (Å²) in [5, 5.41) is 0. The number of pyridine rings is 1. The molecule has 0 atom stereocenters. The van der Waals surface area contributed by atoms with Gasteiger partial charge in [-0.2, -0.15) is 0 Å². The van der Waals surface area contributed by atoms with Gasteiger partial charge in [0.05, 0.1) is 16.7 Å². The molecular weight excluding hydrogens is 349 g/mol. The third kappa shape index (κ3) is 3.33. The van der Waals surface area contributed by atoms with Gasteiger partial charge < -0.3 is 5.73 Å². The van der Waals surface area contributed by atoms with E-state index in [1.165, 1.54) is 6.07 Å². The van der Waals surface area contributed by atoms with E-state index in [1.807, 2.05) is 0 Å². The van der Waals surface area contributed by atoms with Crippen LogP contribution in [0.25, 0.3) is 0 Å². The largest absolute Gasteiger partial charge is 0.399 e. The number of rotatable bonds is 4. The molecule has 20 heavy (non-hydrogen) atoms. The second-order valence-electron chi connectivity index (χ2n) is 3.96. The van der Waals surface area contributed by atoms with Gasteiger partial charge in [-0.1, -0.05) is 6.07 Å². The molecule has 0 aliphatic rings. The lowest BCUT2D eigenvalue weighted by Gasteiger charge is -2.09. The maximum atomic E-state index is 13.9. The van der Waals surface area contributed by atoms with Gasteiger partial charge in [-0.05, 0) is 40.2 Å². The number of nitrogens with one attached hydrogen (secondary N) is 1. The van der Waals surface area contributed by atoms with E-state index in [-0.39, 0.29) is 16.7 Å². The van der Waals surface area contributed by atoms with Crippen molar-refractivity contribution >= 4 is 31.6 Å². The van der Waals surface area contributed by atoms with Gasteiger partial charge >= 0.3 is 0 Å². The zero-order valence-electron chi connectivity index (χ0n) is 10.2. The molecule has 106 valence electrons. The first-order chi connectivity index (χ1) is 9.40. The van der Waals surface area contributed by atoms with E-state index in [0.29, 0.717) is 5.69 Å². The minimum absolute atomic E-state index is 0.00397. The number of aromatic nitrogens is 1. The fourth-order valence-electron chi connectivity index (χ4n) is 1.53. The van der Waals surface area contributed by atoms with Crippen LogP contribution in [0.5, 0.6) is 0 Å². The number of hydrogen-bond donors (Lipinski definition) is 2. The molecule has 0 bridgehead atoms. The summed E-state index contributed by atoms with van der Waals surface area (Å²) in [7, 11) is -4.01. The van der Waals surface area contributed by atoms with Crippen molar-refractivity contribution in [3.05, 3.63) is 52.5 Å². The second-order valence-corrected chi connectivity index (χ2v) is 6.55. The van der Waals surface area contributed by atoms with Gasteiger partial charge in [0.2, 0.25) is 10.0 Å². The van der Waals surface area contributed by atoms with Crippen molar-refractivity contribution in [1.82, 2.24) is 9.71 Å². The zero-order valence-corrected chi connectivity index (χ0v) is 12.6. The summed E-state index contributed by atoms with van der Waals surface area (Å²) in [4.78, 5) is 3.48. The number of benzene rings is 1. The van der Waals surface area contributed by atoms with E-state index in [2.05, 4.69) is 25.6 Å². The quantitative estimate of drug-likeness (QED) is 0.818. The third-order valence-corrected chi connectivity index (χ3v) is 4.45. The van der Waals surface area contributed by atoms with Gasteiger partial charge in [0.1, 0.15) is 4.90 Å². The van der Waals surface area contributed by atoms with Crippen LogP contribution in [-0.2, 0) is 16.6 Å². The molecule has 0 aliphatic heterocycles. The molecule has 8 heteroatoms. The van der Waals surface area contributed by atoms with Gasteiger partial charge in [-0.15, -0.1) is 0 Å². The monoisotopic (exact) mass is 359 g/mol. The first-order valence-electron chi connectivity index (χ1n) is 5.54. The summed E-state index contributed by atoms with van der Waals surface area (Å²) in [6.07, 6.45) is 1.54. The summed E-state index contributed by atoms with van der Waals surface area (Å²) in [5.74, 6) is -0.882. The highest BCUT2D eigenvalue weighted by Crippen LogP contribution is 2.26. The number of nitrogens with two attached hydrogens (primary N) is 1. The Balaban J connectivity index is 2.27. The Labute approximate surface area is 124 Å². The van der Waals surface area contributed by atoms with Crippen molar-refractivity contribution in [2.75, 3.05) is 5.73 Å². The molecule has 3 N–H and O–H groups in total. The van der Waals surface area contributed by atoms with Crippen molar-refractivity contribution in [3.8, 4) is 0 Å². The topological polar surface area (TPSA) is 85.1 Å². The Bertz CT molecular complexity index is 723. The van der Waals surface area contributed by atoms with Crippen molar-refractivity contribution < 1.29 is 12.8 Å². The van der Waals surface area contributed by atoms with Crippen molar-refractivity contribution in [1.29, 1.82) is 0 Å². The molecule has 0 amide bonds. The van der Waals surface area contributed by atoms with Gasteiger partial charge in [-0.25, -0.2) is 17.5 Å². The molecule has 1 heterocycles. The first-order valence-corrected chi connectivity index (χ1v) is 7.82. The lowest BCUT2D eigenvalue weighted by Crippen LogP contribution is -2.25. The molecule has 1 aromatic heterocycles. The van der Waals surface area contributed by atoms with Crippen LogP contribution < -0.4 is 10.5 Å². The average Bonchev–Trinajstić information content (AvgIpc) is 2.42. The highest BCUT2D eigenvalue weighted by atomic mass is 79.9. The van der Waals surface area contributed by atoms with E-state index >= 15 is 0 Å². The molecule has 0 fully saturated rings. The summed E-state index contributed by atoms with van der Waals surface area (Å²) >= 11 is 2.93. The Morgan fingerprint density at radius 2 is 2.10 bits per heavy atom. The molecule has 0 unspecified atom stereocenters. The van der Waals surface area contributed by atoms with Crippen LogP contribution >= 0.6 is 15.9 Å². The van der Waals surface area contributed by atoms with Crippen LogP contribution in [0.15, 0.2) is 45.9 Å². The van der Waals surface area contributed by atoms with Crippen LogP contribution in [0, 0.1) is 5.82 Å². The third-order valence-electron chi connectivity index (χ3n) is 2.48. The minimum Gasteiger partial charge on any atom is -0.399 e. The smallest absolute Gasteiger partial charge is 0.243 e. The average molecular weight is 360 g/mol. The molecule has 0 spiro atoms. The lowest BCUT2D eigenvalue weighted by atomic mass is 10.3. The van der Waals surface area contributed by atoms with Crippen LogP contribution in [0.2, 0.25) is 0 Å². The van der Waals surface area contributed by atoms with E-state index in [0.717, 1.165) is 6.07 Å². The number of nitrogens with zero attached hydrogens (tertiary/aromatic N) is 1. The SMILES string of the molecule is Nc1cc(Br)c(F)c(S(=O)(=O)NCc2ccccn2)c1. The van der Waals surface area contributed by atoms with E-state index < -0.39 is 20.7 Å². The van der Waals surface area contributed by atoms with E-state index in [1.54, 1.807) is 24.4 Å². The fraction of sp³-hybridized carbons (Fsp3) is 0.0833. The van der Waals surface area contributed by atoms with Crippen LogP contribution in [0.4, 0.5) is 10.1 Å². The van der Waals surface area contributed by atoms with Gasteiger partial charge in [0.15, 0.2) is 5.82 Å². The molecule has 0 radical (unpaired) electrons. The summed E-state index contributed by atoms with van der Waals surface area (Å²) in [6.45, 7) is -0.0327. The normalized spacial score (nSPS) is 11.5. The predicted molar refractivity (Wildman–Crippen MR) is 76.8 cm³/mol. The van der Waals surface area contributed by atoms with Crippen molar-refractivity contribution in [3.63, 3.8) is 0 Å². The predicted octanol–water partition coefficient (Wildman–Crippen LogP) is 2.04. The molecule has 0 saturated heterocycles. The van der Waals surface area contributed by atoms with Gasteiger partial charge in [0, 0.05) is 11.9 Å². The highest BCUT2D eigenvalue weighted by Gasteiger charge is 2.21. The van der Waals surface area contributed by atoms with Crippen LogP contribution in [0.3, 0.4) is 0 Å². The van der Waals surface area contributed by atoms with Crippen LogP contribution in [0.1, 0.15) is 5.69 Å². The molecule has 0 saturated carbocycles. The highest BCUT2D eigenvalue weighted by molar-refractivity contribution is 9.10.